The van der Waals surface area contributed by atoms with Crippen LogP contribution in [-0.4, -0.2) is 21.4 Å². The predicted molar refractivity (Wildman–Crippen MR) is 88.0 cm³/mol. The Kier molecular flexibility index (Phi) is 4.07. The number of aromatic nitrogens is 1. The minimum absolute atomic E-state index is 0.0245. The van der Waals surface area contributed by atoms with Crippen molar-refractivity contribution >= 4 is 11.8 Å². The van der Waals surface area contributed by atoms with Gasteiger partial charge in [-0.2, -0.15) is 0 Å². The summed E-state index contributed by atoms with van der Waals surface area (Å²) < 4.78 is 1.94. The van der Waals surface area contributed by atoms with Crippen LogP contribution in [0.25, 0.3) is 0 Å². The van der Waals surface area contributed by atoms with E-state index < -0.39 is 11.9 Å². The Morgan fingerprint density at radius 3 is 2.65 bits per heavy atom. The van der Waals surface area contributed by atoms with Gasteiger partial charge in [-0.3, -0.25) is 9.59 Å². The quantitative estimate of drug-likeness (QED) is 0.880. The Morgan fingerprint density at radius 1 is 1.17 bits per heavy atom. The third-order valence-electron chi connectivity index (χ3n) is 4.59. The van der Waals surface area contributed by atoms with Gasteiger partial charge in [0, 0.05) is 17.8 Å². The van der Waals surface area contributed by atoms with E-state index >= 15 is 0 Å². The fraction of sp³-hybridized carbons (Fsp3) is 0.368. The molecule has 0 saturated carbocycles. The first kappa shape index (κ1) is 15.5. The van der Waals surface area contributed by atoms with Crippen LogP contribution in [0.1, 0.15) is 58.1 Å². The molecule has 120 valence electrons. The largest absolute Gasteiger partial charge is 0.481 e. The Bertz CT molecular complexity index is 773. The minimum Gasteiger partial charge on any atom is -0.481 e. The monoisotopic (exact) mass is 311 g/mol. The number of benzene rings is 1. The van der Waals surface area contributed by atoms with Crippen molar-refractivity contribution in [3.8, 4) is 0 Å². The lowest BCUT2D eigenvalue weighted by molar-refractivity contribution is -0.139. The summed E-state index contributed by atoms with van der Waals surface area (Å²) in [6, 6.07) is 9.42. The van der Waals surface area contributed by atoms with E-state index in [-0.39, 0.29) is 5.78 Å². The van der Waals surface area contributed by atoms with Crippen molar-refractivity contribution in [3.05, 3.63) is 58.4 Å². The molecule has 1 aromatic heterocycles. The number of hydrogen-bond donors (Lipinski definition) is 1. The van der Waals surface area contributed by atoms with Gasteiger partial charge in [0.2, 0.25) is 5.78 Å². The van der Waals surface area contributed by atoms with Gasteiger partial charge in [-0.1, -0.05) is 30.2 Å². The first-order valence-corrected chi connectivity index (χ1v) is 8.03. The average Bonchev–Trinajstić information content (AvgIpc) is 2.68. The van der Waals surface area contributed by atoms with Gasteiger partial charge < -0.3 is 9.67 Å². The topological polar surface area (TPSA) is 59.3 Å². The normalized spacial score (nSPS) is 17.4. The van der Waals surface area contributed by atoms with Gasteiger partial charge in [0.25, 0.3) is 0 Å². The molecule has 23 heavy (non-hydrogen) atoms. The summed E-state index contributed by atoms with van der Waals surface area (Å²) in [7, 11) is 0. The van der Waals surface area contributed by atoms with Crippen LogP contribution in [-0.2, 0) is 11.3 Å². The molecule has 2 aromatic rings. The highest BCUT2D eigenvalue weighted by molar-refractivity contribution is 6.09. The number of carbonyl (C=O) groups excluding carboxylic acids is 1. The highest BCUT2D eigenvalue weighted by Gasteiger charge is 2.29. The molecule has 0 radical (unpaired) electrons. The van der Waals surface area contributed by atoms with Gasteiger partial charge in [-0.25, -0.2) is 0 Å². The Labute approximate surface area is 135 Å². The average molecular weight is 311 g/mol. The third kappa shape index (κ3) is 2.81. The molecule has 4 nitrogen and oxygen atoms in total. The van der Waals surface area contributed by atoms with Crippen LogP contribution in [0.3, 0.4) is 0 Å². The van der Waals surface area contributed by atoms with Gasteiger partial charge in [-0.15, -0.1) is 0 Å². The third-order valence-corrected chi connectivity index (χ3v) is 4.59. The molecule has 1 N–H and O–H groups in total. The van der Waals surface area contributed by atoms with Crippen molar-refractivity contribution in [1.82, 2.24) is 4.57 Å². The number of nitrogens with zero attached hydrogens (tertiary/aromatic N) is 1. The van der Waals surface area contributed by atoms with Crippen molar-refractivity contribution in [2.75, 3.05) is 0 Å². The maximum Gasteiger partial charge on any atom is 0.312 e. The summed E-state index contributed by atoms with van der Waals surface area (Å²) in [6.45, 7) is 4.56. The number of fused-ring (bicyclic) bond motifs is 1. The lowest BCUT2D eigenvalue weighted by Crippen LogP contribution is -2.17. The van der Waals surface area contributed by atoms with Crippen molar-refractivity contribution < 1.29 is 14.7 Å². The highest BCUT2D eigenvalue weighted by Crippen LogP contribution is 2.32. The van der Waals surface area contributed by atoms with Gasteiger partial charge in [0.05, 0.1) is 11.6 Å². The van der Waals surface area contributed by atoms with Crippen molar-refractivity contribution in [3.63, 3.8) is 0 Å². The van der Waals surface area contributed by atoms with Crippen LogP contribution in [0.4, 0.5) is 0 Å². The Hall–Kier alpha value is -2.36. The zero-order chi connectivity index (χ0) is 16.6. The minimum atomic E-state index is -0.805. The molecule has 0 spiro atoms. The summed E-state index contributed by atoms with van der Waals surface area (Å²) in [6.07, 6.45) is 2.41. The molecule has 3 rings (SSSR count). The molecular formula is C19H21NO3. The smallest absolute Gasteiger partial charge is 0.312 e. The van der Waals surface area contributed by atoms with E-state index in [0.29, 0.717) is 24.2 Å². The van der Waals surface area contributed by atoms with Gasteiger partial charge >= 0.3 is 5.97 Å². The number of carbonyl (C=O) groups is 2. The maximum absolute atomic E-state index is 13.0. The number of rotatable bonds is 3. The van der Waals surface area contributed by atoms with Crippen molar-refractivity contribution in [2.45, 2.75) is 45.6 Å². The van der Waals surface area contributed by atoms with Crippen LogP contribution >= 0.6 is 0 Å². The first-order valence-electron chi connectivity index (χ1n) is 8.03. The standard InChI is InChI=1S/C19H21NO3/c1-12-6-5-7-14(10-12)18(21)17-13(2)11-16-15(19(22)23)8-3-4-9-20(16)17/h5-7,10-11,15H,3-4,8-9H2,1-2H3,(H,22,23). The summed E-state index contributed by atoms with van der Waals surface area (Å²) in [5.74, 6) is -1.35. The molecule has 1 aromatic carbocycles. The number of aryl methyl sites for hydroxylation is 2. The van der Waals surface area contributed by atoms with Crippen LogP contribution in [0, 0.1) is 13.8 Å². The summed E-state index contributed by atoms with van der Waals surface area (Å²) in [5, 5.41) is 9.50. The van der Waals surface area contributed by atoms with Crippen LogP contribution in [0.5, 0.6) is 0 Å². The van der Waals surface area contributed by atoms with Crippen molar-refractivity contribution in [2.24, 2.45) is 0 Å². The number of carboxylic acid groups (broad SMARTS) is 1. The number of hydrogen-bond acceptors (Lipinski definition) is 2. The molecule has 0 fully saturated rings. The lowest BCUT2D eigenvalue weighted by atomic mass is 9.99. The SMILES string of the molecule is Cc1cccc(C(=O)c2c(C)cc3n2CCCCC3C(=O)O)c1. The van der Waals surface area contributed by atoms with Crippen LogP contribution in [0.15, 0.2) is 30.3 Å². The van der Waals surface area contributed by atoms with Crippen LogP contribution in [0.2, 0.25) is 0 Å². The second-order valence-corrected chi connectivity index (χ2v) is 6.34. The summed E-state index contributed by atoms with van der Waals surface area (Å²) in [4.78, 5) is 24.5. The molecule has 0 amide bonds. The molecule has 1 aliphatic heterocycles. The molecule has 0 bridgehead atoms. The lowest BCUT2D eigenvalue weighted by Gasteiger charge is -2.13. The fourth-order valence-electron chi connectivity index (χ4n) is 3.48. The second-order valence-electron chi connectivity index (χ2n) is 6.34. The van der Waals surface area contributed by atoms with E-state index in [1.165, 1.54) is 0 Å². The molecule has 2 heterocycles. The van der Waals surface area contributed by atoms with E-state index in [1.54, 1.807) is 0 Å². The number of carboxylic acids is 1. The summed E-state index contributed by atoms with van der Waals surface area (Å²) in [5.41, 5.74) is 3.96. The molecule has 4 heteroatoms. The van der Waals surface area contributed by atoms with Crippen molar-refractivity contribution in [1.29, 1.82) is 0 Å². The van der Waals surface area contributed by atoms with Crippen LogP contribution < -0.4 is 0 Å². The van der Waals surface area contributed by atoms with E-state index in [4.69, 9.17) is 0 Å². The van der Waals surface area contributed by atoms with Gasteiger partial charge in [0.1, 0.15) is 0 Å². The zero-order valence-corrected chi connectivity index (χ0v) is 13.5. The Balaban J connectivity index is 2.10. The second kappa shape index (κ2) is 6.03. The van der Waals surface area contributed by atoms with E-state index in [1.807, 2.05) is 48.7 Å². The molecule has 0 aliphatic carbocycles. The predicted octanol–water partition coefficient (Wildman–Crippen LogP) is 3.69. The Morgan fingerprint density at radius 2 is 1.96 bits per heavy atom. The summed E-state index contributed by atoms with van der Waals surface area (Å²) >= 11 is 0. The maximum atomic E-state index is 13.0. The van der Waals surface area contributed by atoms with E-state index in [9.17, 15) is 14.7 Å². The molecule has 1 aliphatic rings. The van der Waals surface area contributed by atoms with Gasteiger partial charge in [-0.05, 0) is 44.4 Å². The molecule has 1 unspecified atom stereocenters. The number of ketones is 1. The highest BCUT2D eigenvalue weighted by atomic mass is 16.4. The molecule has 1 atom stereocenters. The zero-order valence-electron chi connectivity index (χ0n) is 13.5. The van der Waals surface area contributed by atoms with Gasteiger partial charge in [0.15, 0.2) is 0 Å². The number of aliphatic carboxylic acids is 1. The molecular weight excluding hydrogens is 290 g/mol. The van der Waals surface area contributed by atoms with E-state index in [0.717, 1.165) is 29.7 Å². The van der Waals surface area contributed by atoms with E-state index in [2.05, 4.69) is 0 Å². The first-order chi connectivity index (χ1) is 11.0. The fourth-order valence-corrected chi connectivity index (χ4v) is 3.48. The molecule has 0 saturated heterocycles.